The maximum atomic E-state index is 13.1. The summed E-state index contributed by atoms with van der Waals surface area (Å²) >= 11 is 1.66. The van der Waals surface area contributed by atoms with Gasteiger partial charge in [-0.05, 0) is 44.8 Å². The van der Waals surface area contributed by atoms with Crippen molar-refractivity contribution in [2.75, 3.05) is 12.3 Å². The van der Waals surface area contributed by atoms with E-state index >= 15 is 0 Å². The maximum absolute atomic E-state index is 13.1. The molecule has 5 heteroatoms. The van der Waals surface area contributed by atoms with Gasteiger partial charge < -0.3 is 5.32 Å². The van der Waals surface area contributed by atoms with E-state index in [4.69, 9.17) is 0 Å². The standard InChI is InChI=1S/C19H29N3OS/c1-4-10-17(15(3)5-2)22(19-20-13-9-14-24-19)18(23)21-16-11-7-6-8-12-16/h4-5,10,16H,1,6-9,11-14H2,2-3H3,(H,21,23)/b15-5-,17-10+. The van der Waals surface area contributed by atoms with Gasteiger partial charge in [0.15, 0.2) is 5.17 Å². The van der Waals surface area contributed by atoms with E-state index in [1.807, 2.05) is 26.0 Å². The largest absolute Gasteiger partial charge is 0.335 e. The van der Waals surface area contributed by atoms with Crippen LogP contribution in [0.5, 0.6) is 0 Å². The minimum Gasteiger partial charge on any atom is -0.335 e. The first kappa shape index (κ1) is 18.8. The third-order valence-corrected chi connectivity index (χ3v) is 5.52. The van der Waals surface area contributed by atoms with Gasteiger partial charge in [0.05, 0.1) is 5.70 Å². The average Bonchev–Trinajstić information content (AvgIpc) is 2.62. The molecular formula is C19H29N3OS. The van der Waals surface area contributed by atoms with E-state index in [0.29, 0.717) is 0 Å². The summed E-state index contributed by atoms with van der Waals surface area (Å²) in [6, 6.07) is 0.211. The van der Waals surface area contributed by atoms with Gasteiger partial charge in [0.2, 0.25) is 0 Å². The van der Waals surface area contributed by atoms with Crippen LogP contribution in [0.3, 0.4) is 0 Å². The predicted octanol–water partition coefficient (Wildman–Crippen LogP) is 4.86. The Kier molecular flexibility index (Phi) is 7.63. The third-order valence-electron chi connectivity index (χ3n) is 4.46. The number of aliphatic imine (C=N–C) groups is 1. The topological polar surface area (TPSA) is 44.7 Å². The van der Waals surface area contributed by atoms with E-state index in [9.17, 15) is 4.79 Å². The summed E-state index contributed by atoms with van der Waals surface area (Å²) in [5.41, 5.74) is 1.90. The zero-order valence-electron chi connectivity index (χ0n) is 14.9. The lowest BCUT2D eigenvalue weighted by molar-refractivity contribution is 0.220. The van der Waals surface area contributed by atoms with Crippen LogP contribution in [0, 0.1) is 0 Å². The van der Waals surface area contributed by atoms with Crippen molar-refractivity contribution < 1.29 is 4.79 Å². The number of nitrogens with one attached hydrogen (secondary N) is 1. The van der Waals surface area contributed by atoms with Gasteiger partial charge in [0.1, 0.15) is 0 Å². The van der Waals surface area contributed by atoms with Crippen LogP contribution < -0.4 is 5.32 Å². The zero-order chi connectivity index (χ0) is 17.4. The van der Waals surface area contributed by atoms with E-state index in [2.05, 4.69) is 16.9 Å². The lowest BCUT2D eigenvalue weighted by Gasteiger charge is -2.31. The summed E-state index contributed by atoms with van der Waals surface area (Å²) in [5.74, 6) is 1.00. The average molecular weight is 348 g/mol. The van der Waals surface area contributed by atoms with Crippen LogP contribution in [-0.2, 0) is 0 Å². The molecule has 0 aromatic heterocycles. The molecular weight excluding hydrogens is 318 g/mol. The molecule has 0 saturated heterocycles. The molecule has 0 radical (unpaired) electrons. The summed E-state index contributed by atoms with van der Waals surface area (Å²) in [6.45, 7) is 8.60. The summed E-state index contributed by atoms with van der Waals surface area (Å²) < 4.78 is 0. The van der Waals surface area contributed by atoms with Gasteiger partial charge in [0, 0.05) is 18.3 Å². The quantitative estimate of drug-likeness (QED) is 0.738. The molecule has 2 rings (SSSR count). The van der Waals surface area contributed by atoms with Crippen LogP contribution in [0.25, 0.3) is 0 Å². The Morgan fingerprint density at radius 1 is 1.33 bits per heavy atom. The molecule has 2 aliphatic rings. The monoisotopic (exact) mass is 347 g/mol. The number of nitrogens with zero attached hydrogens (tertiary/aromatic N) is 2. The minimum atomic E-state index is -0.0654. The highest BCUT2D eigenvalue weighted by Gasteiger charge is 2.28. The number of rotatable bonds is 4. The molecule has 1 aliphatic carbocycles. The lowest BCUT2D eigenvalue weighted by atomic mass is 9.96. The van der Waals surface area contributed by atoms with Crippen LogP contribution >= 0.6 is 11.8 Å². The molecule has 4 nitrogen and oxygen atoms in total. The molecule has 132 valence electrons. The van der Waals surface area contributed by atoms with Crippen molar-refractivity contribution in [3.63, 3.8) is 0 Å². The van der Waals surface area contributed by atoms with Crippen molar-refractivity contribution in [3.05, 3.63) is 36.1 Å². The zero-order valence-corrected chi connectivity index (χ0v) is 15.7. The Balaban J connectivity index is 2.27. The molecule has 1 heterocycles. The molecule has 0 aromatic carbocycles. The van der Waals surface area contributed by atoms with Crippen LogP contribution in [0.1, 0.15) is 52.4 Å². The number of amidine groups is 1. The number of hydrogen-bond acceptors (Lipinski definition) is 3. The summed E-state index contributed by atoms with van der Waals surface area (Å²) in [6.07, 6.45) is 12.5. The van der Waals surface area contributed by atoms with Gasteiger partial charge in [-0.2, -0.15) is 0 Å². The molecule has 1 aliphatic heterocycles. The van der Waals surface area contributed by atoms with Gasteiger partial charge in [-0.1, -0.05) is 49.8 Å². The maximum Gasteiger partial charge on any atom is 0.328 e. The summed E-state index contributed by atoms with van der Waals surface area (Å²) in [7, 11) is 0. The van der Waals surface area contributed by atoms with Gasteiger partial charge in [-0.15, -0.1) is 0 Å². The third kappa shape index (κ3) is 5.00. The van der Waals surface area contributed by atoms with Gasteiger partial charge >= 0.3 is 6.03 Å². The van der Waals surface area contributed by atoms with Crippen molar-refractivity contribution in [3.8, 4) is 0 Å². The summed E-state index contributed by atoms with van der Waals surface area (Å²) in [4.78, 5) is 19.4. The van der Waals surface area contributed by atoms with Crippen molar-refractivity contribution in [1.29, 1.82) is 0 Å². The van der Waals surface area contributed by atoms with Crippen LogP contribution in [0.4, 0.5) is 4.79 Å². The Morgan fingerprint density at radius 3 is 2.67 bits per heavy atom. The number of carbonyl (C=O) groups is 1. The van der Waals surface area contributed by atoms with Crippen molar-refractivity contribution in [1.82, 2.24) is 10.2 Å². The molecule has 0 spiro atoms. The number of thioether (sulfide) groups is 1. The SMILES string of the molecule is C=C/C=C(\C(C)=C/C)N(C(=O)NC1CCCCC1)C1=NCCCS1. The molecule has 24 heavy (non-hydrogen) atoms. The number of carbonyl (C=O) groups excluding carboxylic acids is 1. The number of amides is 2. The second kappa shape index (κ2) is 9.72. The summed E-state index contributed by atoms with van der Waals surface area (Å²) in [5, 5.41) is 4.02. The van der Waals surface area contributed by atoms with E-state index < -0.39 is 0 Å². The normalized spacial score (nSPS) is 20.3. The number of hydrogen-bond donors (Lipinski definition) is 1. The molecule has 0 aromatic rings. The highest BCUT2D eigenvalue weighted by molar-refractivity contribution is 8.13. The minimum absolute atomic E-state index is 0.0654. The van der Waals surface area contributed by atoms with Crippen molar-refractivity contribution >= 4 is 23.0 Å². The first-order valence-electron chi connectivity index (χ1n) is 8.91. The Labute approximate surface area is 150 Å². The first-order chi connectivity index (χ1) is 11.7. The fourth-order valence-electron chi connectivity index (χ4n) is 3.01. The number of allylic oxidation sites excluding steroid dienone is 4. The van der Waals surface area contributed by atoms with Crippen molar-refractivity contribution in [2.24, 2.45) is 4.99 Å². The second-order valence-corrected chi connectivity index (χ2v) is 7.31. The van der Waals surface area contributed by atoms with E-state index in [0.717, 1.165) is 48.0 Å². The van der Waals surface area contributed by atoms with Gasteiger partial charge in [-0.25, -0.2) is 9.69 Å². The van der Waals surface area contributed by atoms with Crippen molar-refractivity contribution in [2.45, 2.75) is 58.4 Å². The fraction of sp³-hybridized carbons (Fsp3) is 0.579. The smallest absolute Gasteiger partial charge is 0.328 e. The Morgan fingerprint density at radius 2 is 2.08 bits per heavy atom. The van der Waals surface area contributed by atoms with Crippen LogP contribution in [0.15, 0.2) is 41.1 Å². The van der Waals surface area contributed by atoms with Crippen LogP contribution in [0.2, 0.25) is 0 Å². The molecule has 1 saturated carbocycles. The van der Waals surface area contributed by atoms with E-state index in [-0.39, 0.29) is 12.1 Å². The molecule has 1 fully saturated rings. The van der Waals surface area contributed by atoms with E-state index in [1.165, 1.54) is 19.3 Å². The van der Waals surface area contributed by atoms with Crippen LogP contribution in [-0.4, -0.2) is 34.4 Å². The lowest BCUT2D eigenvalue weighted by Crippen LogP contribution is -2.47. The fourth-order valence-corrected chi connectivity index (χ4v) is 3.96. The molecule has 0 unspecified atom stereocenters. The second-order valence-electron chi connectivity index (χ2n) is 6.25. The highest BCUT2D eigenvalue weighted by atomic mass is 32.2. The number of urea groups is 1. The Hall–Kier alpha value is -1.49. The molecule has 0 bridgehead atoms. The first-order valence-corrected chi connectivity index (χ1v) is 9.89. The molecule has 0 atom stereocenters. The predicted molar refractivity (Wildman–Crippen MR) is 104 cm³/mol. The highest BCUT2D eigenvalue weighted by Crippen LogP contribution is 2.25. The van der Waals surface area contributed by atoms with Gasteiger partial charge in [-0.3, -0.25) is 4.99 Å². The Bertz CT molecular complexity index is 545. The molecule has 2 amide bonds. The van der Waals surface area contributed by atoms with Gasteiger partial charge in [0.25, 0.3) is 0 Å². The van der Waals surface area contributed by atoms with E-state index in [1.54, 1.807) is 22.7 Å². The molecule has 1 N–H and O–H groups in total.